The van der Waals surface area contributed by atoms with E-state index in [0.717, 1.165) is 0 Å². The summed E-state index contributed by atoms with van der Waals surface area (Å²) in [5, 5.41) is 0. The molecule has 0 aromatic heterocycles. The van der Waals surface area contributed by atoms with Gasteiger partial charge in [-0.05, 0) is 17.7 Å². The molecule has 0 radical (unpaired) electrons. The lowest BCUT2D eigenvalue weighted by atomic mass is 9.94. The minimum absolute atomic E-state index is 0.0560. The second-order valence-electron chi connectivity index (χ2n) is 9.19. The van der Waals surface area contributed by atoms with Gasteiger partial charge in [-0.2, -0.15) is 87.8 Å². The Kier molecular flexibility index (Phi) is 11.3. The number of hydrogen-bond donors (Lipinski definition) is 0. The fraction of sp³-hybridized carbons (Fsp3) is 0.636. The summed E-state index contributed by atoms with van der Waals surface area (Å²) >= 11 is 0. The summed E-state index contributed by atoms with van der Waals surface area (Å²) in [4.78, 5) is 0. The summed E-state index contributed by atoms with van der Waals surface area (Å²) in [6.07, 6.45) is -11.1. The fourth-order valence-electron chi connectivity index (χ4n) is 2.95. The zero-order valence-electron chi connectivity index (χ0n) is 22.0. The van der Waals surface area contributed by atoms with E-state index in [0.29, 0.717) is 12.1 Å². The molecular weight excluding hydrogens is 752 g/mol. The lowest BCUT2D eigenvalue weighted by Crippen LogP contribution is -2.69. The topological polar surface area (TPSA) is 18.5 Å². The quantitative estimate of drug-likeness (QED) is 0.147. The van der Waals surface area contributed by atoms with Crippen molar-refractivity contribution in [2.45, 2.75) is 72.1 Å². The van der Waals surface area contributed by atoms with E-state index in [2.05, 4.69) is 16.1 Å². The average Bonchev–Trinajstić information content (AvgIpc) is 2.93. The van der Waals surface area contributed by atoms with Gasteiger partial charge in [0.05, 0.1) is 0 Å². The number of benzene rings is 1. The van der Waals surface area contributed by atoms with Gasteiger partial charge in [-0.3, -0.25) is 0 Å². The smallest absolute Gasteiger partial charge is 0.384 e. The molecule has 0 bridgehead atoms. The molecule has 1 aromatic rings. The van der Waals surface area contributed by atoms with Crippen molar-refractivity contribution in [3.63, 3.8) is 0 Å². The normalized spacial score (nSPS) is 15.3. The van der Waals surface area contributed by atoms with Gasteiger partial charge in [0, 0.05) is 0 Å². The summed E-state index contributed by atoms with van der Waals surface area (Å²) in [5.41, 5.74) is -0.557. The number of rotatable bonds is 17. The molecular formula is C22H12F24O2. The Labute approximate surface area is 249 Å². The van der Waals surface area contributed by atoms with Gasteiger partial charge in [-0.25, -0.2) is 17.6 Å². The van der Waals surface area contributed by atoms with Crippen molar-refractivity contribution in [1.29, 1.82) is 0 Å². The fourth-order valence-corrected chi connectivity index (χ4v) is 2.95. The van der Waals surface area contributed by atoms with Crippen LogP contribution in [0, 0.1) is 0 Å². The summed E-state index contributed by atoms with van der Waals surface area (Å²) in [7, 11) is 0. The predicted molar refractivity (Wildman–Crippen MR) is 109 cm³/mol. The number of hydrogen-bond acceptors (Lipinski definition) is 2. The van der Waals surface area contributed by atoms with Crippen LogP contribution in [0.5, 0.6) is 11.5 Å². The van der Waals surface area contributed by atoms with Crippen molar-refractivity contribution in [3.05, 3.63) is 30.3 Å². The molecule has 0 aliphatic rings. The minimum Gasteiger partial charge on any atom is -0.483 e. The summed E-state index contributed by atoms with van der Waals surface area (Å²) in [6.45, 7) is -3.93. The largest absolute Gasteiger partial charge is 0.483 e. The minimum atomic E-state index is -8.06. The molecule has 0 saturated carbocycles. The van der Waals surface area contributed by atoms with Gasteiger partial charge in [0.15, 0.2) is 24.7 Å². The van der Waals surface area contributed by atoms with Crippen LogP contribution in [0.25, 0.3) is 6.08 Å². The SMILES string of the molecule is C=Cc1ccc(OCC(F)(F)C(F)(F)C(F)(F)C(F)(F)C(F)(F)C(F)F)c(OCC(F)(F)C(F)(F)C(F)(F)C(F)(F)C(F)(F)C(F)F)c1. The highest BCUT2D eigenvalue weighted by Gasteiger charge is 2.89. The predicted octanol–water partition coefficient (Wildman–Crippen LogP) is 9.97. The van der Waals surface area contributed by atoms with Crippen molar-refractivity contribution in [2.75, 3.05) is 13.2 Å². The van der Waals surface area contributed by atoms with Gasteiger partial charge in [0.25, 0.3) is 0 Å². The van der Waals surface area contributed by atoms with Crippen LogP contribution in [-0.2, 0) is 0 Å². The van der Waals surface area contributed by atoms with Crippen LogP contribution < -0.4 is 9.47 Å². The van der Waals surface area contributed by atoms with E-state index in [1.165, 1.54) is 0 Å². The molecule has 0 saturated heterocycles. The molecule has 1 aromatic carbocycles. The van der Waals surface area contributed by atoms with Crippen molar-refractivity contribution in [1.82, 2.24) is 0 Å². The second kappa shape index (κ2) is 12.6. The number of alkyl halides is 24. The summed E-state index contributed by atoms with van der Waals surface area (Å²) in [5.74, 6) is -79.7. The van der Waals surface area contributed by atoms with E-state index < -0.39 is 102 Å². The zero-order valence-corrected chi connectivity index (χ0v) is 22.0. The maximum absolute atomic E-state index is 14.1. The van der Waals surface area contributed by atoms with Crippen molar-refractivity contribution >= 4 is 6.08 Å². The molecule has 2 nitrogen and oxygen atoms in total. The Morgan fingerprint density at radius 3 is 1.08 bits per heavy atom. The Morgan fingerprint density at radius 2 is 0.792 bits per heavy atom. The van der Waals surface area contributed by atoms with Crippen molar-refractivity contribution < 1.29 is 115 Å². The standard InChI is InChI=1S/C22H12F24O2/c1-2-8-3-4-9(47-6-13(27,28)17(35,36)21(43,44)19(39,40)15(31,32)11(23)24)10(5-8)48-7-14(29,30)18(37,38)22(45,46)20(41,42)16(33,34)12(25)26/h2-5,11-12H,1,6-7H2. The van der Waals surface area contributed by atoms with Crippen LogP contribution in [0.3, 0.4) is 0 Å². The first-order valence-corrected chi connectivity index (χ1v) is 11.4. The highest BCUT2D eigenvalue weighted by atomic mass is 19.4. The van der Waals surface area contributed by atoms with Crippen LogP contribution in [0.15, 0.2) is 24.8 Å². The van der Waals surface area contributed by atoms with Crippen molar-refractivity contribution in [2.24, 2.45) is 0 Å². The number of ether oxygens (including phenoxy) is 2. The molecule has 26 heteroatoms. The van der Waals surface area contributed by atoms with Gasteiger partial charge in [-0.15, -0.1) is 0 Å². The Bertz CT molecular complexity index is 1290. The van der Waals surface area contributed by atoms with Crippen LogP contribution in [0.4, 0.5) is 105 Å². The second-order valence-corrected chi connectivity index (χ2v) is 9.19. The van der Waals surface area contributed by atoms with E-state index in [9.17, 15) is 105 Å². The van der Waals surface area contributed by atoms with E-state index >= 15 is 0 Å². The van der Waals surface area contributed by atoms with Crippen LogP contribution >= 0.6 is 0 Å². The van der Waals surface area contributed by atoms with Crippen LogP contribution in [0.2, 0.25) is 0 Å². The molecule has 0 atom stereocenters. The lowest BCUT2D eigenvalue weighted by molar-refractivity contribution is -0.414. The molecule has 0 fully saturated rings. The van der Waals surface area contributed by atoms with Gasteiger partial charge >= 0.3 is 72.1 Å². The molecule has 0 spiro atoms. The molecule has 0 unspecified atom stereocenters. The Morgan fingerprint density at radius 1 is 0.479 bits per heavy atom. The summed E-state index contributed by atoms with van der Waals surface area (Å²) < 4.78 is 328. The molecule has 0 aliphatic heterocycles. The molecule has 1 rings (SSSR count). The molecule has 0 heterocycles. The molecule has 0 aliphatic carbocycles. The van der Waals surface area contributed by atoms with E-state index in [-0.39, 0.29) is 12.1 Å². The van der Waals surface area contributed by atoms with Gasteiger partial charge in [0.2, 0.25) is 0 Å². The third kappa shape index (κ3) is 6.46. The molecule has 280 valence electrons. The van der Waals surface area contributed by atoms with E-state index in [4.69, 9.17) is 0 Å². The van der Waals surface area contributed by atoms with Crippen LogP contribution in [0.1, 0.15) is 5.56 Å². The van der Waals surface area contributed by atoms with Gasteiger partial charge in [0.1, 0.15) is 0 Å². The Balaban J connectivity index is 3.49. The highest BCUT2D eigenvalue weighted by molar-refractivity contribution is 5.54. The van der Waals surface area contributed by atoms with Gasteiger partial charge < -0.3 is 9.47 Å². The monoisotopic (exact) mass is 764 g/mol. The van der Waals surface area contributed by atoms with E-state index in [1.807, 2.05) is 0 Å². The summed E-state index contributed by atoms with van der Waals surface area (Å²) in [6, 6.07) is 0.627. The molecule has 0 N–H and O–H groups in total. The first-order chi connectivity index (χ1) is 21.0. The third-order valence-electron chi connectivity index (χ3n) is 5.90. The zero-order chi connectivity index (χ0) is 38.5. The molecule has 48 heavy (non-hydrogen) atoms. The van der Waals surface area contributed by atoms with Crippen LogP contribution in [-0.4, -0.2) is 85.3 Å². The first kappa shape index (κ1) is 42.9. The lowest BCUT2D eigenvalue weighted by Gasteiger charge is -2.39. The van der Waals surface area contributed by atoms with Crippen molar-refractivity contribution in [3.8, 4) is 11.5 Å². The highest BCUT2D eigenvalue weighted by Crippen LogP contribution is 2.60. The third-order valence-corrected chi connectivity index (χ3v) is 5.90. The first-order valence-electron chi connectivity index (χ1n) is 11.4. The maximum atomic E-state index is 14.1. The maximum Gasteiger partial charge on any atom is 0.384 e. The molecule has 0 amide bonds. The average molecular weight is 764 g/mol. The number of halogens is 24. The van der Waals surface area contributed by atoms with E-state index in [1.54, 1.807) is 0 Å². The van der Waals surface area contributed by atoms with Gasteiger partial charge in [-0.1, -0.05) is 18.7 Å². The Hall–Kier alpha value is -3.12.